The van der Waals surface area contributed by atoms with Gasteiger partial charge in [-0.25, -0.2) is 4.98 Å². The number of hydrogen-bond donors (Lipinski definition) is 1. The van der Waals surface area contributed by atoms with Gasteiger partial charge in [0.2, 0.25) is 5.89 Å². The summed E-state index contributed by atoms with van der Waals surface area (Å²) in [5.74, 6) is 0.635. The maximum absolute atomic E-state index is 5.93. The van der Waals surface area contributed by atoms with Crippen molar-refractivity contribution in [1.29, 1.82) is 0 Å². The Labute approximate surface area is 119 Å². The van der Waals surface area contributed by atoms with Gasteiger partial charge in [0.05, 0.1) is 6.10 Å². The van der Waals surface area contributed by atoms with Gasteiger partial charge in [0.15, 0.2) is 5.58 Å². The Balaban J connectivity index is 1.60. The third-order valence-electron chi connectivity index (χ3n) is 4.19. The summed E-state index contributed by atoms with van der Waals surface area (Å²) in [5, 5.41) is 0. The average molecular weight is 274 g/mol. The summed E-state index contributed by atoms with van der Waals surface area (Å²) >= 11 is 0. The van der Waals surface area contributed by atoms with Gasteiger partial charge in [0.1, 0.15) is 12.1 Å². The Morgan fingerprint density at radius 3 is 2.85 bits per heavy atom. The molecule has 0 radical (unpaired) electrons. The van der Waals surface area contributed by atoms with Crippen molar-refractivity contribution in [2.45, 2.75) is 52.2 Å². The Morgan fingerprint density at radius 1 is 1.35 bits per heavy atom. The van der Waals surface area contributed by atoms with E-state index in [-0.39, 0.29) is 0 Å². The van der Waals surface area contributed by atoms with E-state index in [4.69, 9.17) is 14.9 Å². The topological polar surface area (TPSA) is 61.3 Å². The molecule has 1 saturated carbocycles. The first-order valence-corrected chi connectivity index (χ1v) is 7.28. The molecule has 0 aliphatic heterocycles. The molecule has 0 atom stereocenters. The molecule has 0 spiro atoms. The number of hydrogen-bond acceptors (Lipinski definition) is 4. The van der Waals surface area contributed by atoms with Gasteiger partial charge >= 0.3 is 0 Å². The quantitative estimate of drug-likeness (QED) is 0.862. The van der Waals surface area contributed by atoms with Crippen LogP contribution in [0, 0.1) is 5.41 Å². The van der Waals surface area contributed by atoms with Crippen LogP contribution in [0.3, 0.4) is 0 Å². The van der Waals surface area contributed by atoms with Crippen LogP contribution in [0.4, 0.5) is 5.69 Å². The minimum Gasteiger partial charge on any atom is -0.438 e. The minimum atomic E-state index is 0.336. The van der Waals surface area contributed by atoms with Gasteiger partial charge in [-0.1, -0.05) is 13.8 Å². The maximum atomic E-state index is 5.93. The molecule has 2 aromatic rings. The van der Waals surface area contributed by atoms with Gasteiger partial charge in [0.25, 0.3) is 0 Å². The number of nitrogen functional groups attached to an aromatic ring is 1. The fraction of sp³-hybridized carbons (Fsp3) is 0.562. The predicted molar refractivity (Wildman–Crippen MR) is 79.2 cm³/mol. The smallest absolute Gasteiger partial charge is 0.221 e. The summed E-state index contributed by atoms with van der Waals surface area (Å²) in [6.07, 6.45) is 5.03. The maximum Gasteiger partial charge on any atom is 0.221 e. The number of rotatable bonds is 3. The van der Waals surface area contributed by atoms with E-state index in [1.807, 2.05) is 12.1 Å². The molecule has 1 aliphatic rings. The molecule has 108 valence electrons. The summed E-state index contributed by atoms with van der Waals surface area (Å²) < 4.78 is 11.6. The first-order valence-electron chi connectivity index (χ1n) is 7.28. The van der Waals surface area contributed by atoms with E-state index in [0.29, 0.717) is 29.7 Å². The van der Waals surface area contributed by atoms with Gasteiger partial charge < -0.3 is 14.9 Å². The number of benzene rings is 1. The fourth-order valence-electron chi connectivity index (χ4n) is 2.78. The second-order valence-electron chi connectivity index (χ2n) is 6.51. The van der Waals surface area contributed by atoms with E-state index < -0.39 is 0 Å². The van der Waals surface area contributed by atoms with Crippen molar-refractivity contribution >= 4 is 16.8 Å². The Bertz CT molecular complexity index is 594. The number of ether oxygens (including phenoxy) is 1. The van der Waals surface area contributed by atoms with Crippen LogP contribution in [-0.4, -0.2) is 11.1 Å². The summed E-state index contributed by atoms with van der Waals surface area (Å²) in [4.78, 5) is 4.42. The van der Waals surface area contributed by atoms with Crippen molar-refractivity contribution in [2.24, 2.45) is 5.41 Å². The van der Waals surface area contributed by atoms with Crippen LogP contribution in [0.1, 0.15) is 45.4 Å². The molecule has 0 unspecified atom stereocenters. The number of anilines is 1. The number of nitrogens with zero attached hydrogens (tertiary/aromatic N) is 1. The van der Waals surface area contributed by atoms with Crippen LogP contribution in [-0.2, 0) is 11.3 Å². The molecule has 1 fully saturated rings. The Kier molecular flexibility index (Phi) is 3.42. The van der Waals surface area contributed by atoms with E-state index in [9.17, 15) is 0 Å². The third kappa shape index (κ3) is 2.96. The van der Waals surface area contributed by atoms with Crippen molar-refractivity contribution in [3.8, 4) is 0 Å². The van der Waals surface area contributed by atoms with Gasteiger partial charge in [-0.2, -0.15) is 0 Å². The average Bonchev–Trinajstić information content (AvgIpc) is 2.79. The molecule has 1 aliphatic carbocycles. The number of aromatic nitrogens is 1. The zero-order valence-corrected chi connectivity index (χ0v) is 12.2. The Hall–Kier alpha value is -1.55. The van der Waals surface area contributed by atoms with Crippen molar-refractivity contribution in [2.75, 3.05) is 5.73 Å². The molecule has 0 saturated heterocycles. The van der Waals surface area contributed by atoms with E-state index in [2.05, 4.69) is 18.8 Å². The van der Waals surface area contributed by atoms with E-state index >= 15 is 0 Å². The Morgan fingerprint density at radius 2 is 2.10 bits per heavy atom. The molecule has 3 rings (SSSR count). The van der Waals surface area contributed by atoms with Crippen molar-refractivity contribution in [3.05, 3.63) is 24.1 Å². The van der Waals surface area contributed by atoms with Crippen LogP contribution in [0.25, 0.3) is 11.1 Å². The van der Waals surface area contributed by atoms with Crippen molar-refractivity contribution in [3.63, 3.8) is 0 Å². The zero-order valence-electron chi connectivity index (χ0n) is 12.2. The molecule has 2 N–H and O–H groups in total. The lowest BCUT2D eigenvalue weighted by atomic mass is 9.76. The summed E-state index contributed by atoms with van der Waals surface area (Å²) in [6.45, 7) is 5.10. The molecular weight excluding hydrogens is 252 g/mol. The SMILES string of the molecule is CC1(C)CCC(OCc2nc3ccc(N)cc3o2)CC1. The normalized spacial score (nSPS) is 19.5. The van der Waals surface area contributed by atoms with Gasteiger partial charge in [-0.05, 0) is 43.2 Å². The van der Waals surface area contributed by atoms with E-state index in [1.165, 1.54) is 12.8 Å². The molecular formula is C16H22N2O2. The van der Waals surface area contributed by atoms with Crippen LogP contribution in [0.15, 0.2) is 22.6 Å². The van der Waals surface area contributed by atoms with Crippen LogP contribution >= 0.6 is 0 Å². The highest BCUT2D eigenvalue weighted by Crippen LogP contribution is 2.36. The second kappa shape index (κ2) is 5.09. The first-order chi connectivity index (χ1) is 9.52. The number of nitrogens with two attached hydrogens (primary N) is 1. The van der Waals surface area contributed by atoms with Crippen molar-refractivity contribution < 1.29 is 9.15 Å². The molecule has 0 bridgehead atoms. The highest BCUT2D eigenvalue weighted by molar-refractivity contribution is 5.76. The van der Waals surface area contributed by atoms with Gasteiger partial charge in [-0.15, -0.1) is 0 Å². The lowest BCUT2D eigenvalue weighted by Gasteiger charge is -2.33. The summed E-state index contributed by atoms with van der Waals surface area (Å²) in [6, 6.07) is 5.51. The highest BCUT2D eigenvalue weighted by Gasteiger charge is 2.27. The minimum absolute atomic E-state index is 0.336. The molecule has 4 nitrogen and oxygen atoms in total. The molecule has 1 aromatic heterocycles. The lowest BCUT2D eigenvalue weighted by molar-refractivity contribution is -0.0133. The summed E-state index contributed by atoms with van der Waals surface area (Å²) in [5.41, 5.74) is 8.45. The zero-order chi connectivity index (χ0) is 14.2. The molecule has 0 amide bonds. The van der Waals surface area contributed by atoms with Crippen LogP contribution < -0.4 is 5.73 Å². The number of oxazole rings is 1. The van der Waals surface area contributed by atoms with E-state index in [0.717, 1.165) is 23.9 Å². The summed E-state index contributed by atoms with van der Waals surface area (Å²) in [7, 11) is 0. The highest BCUT2D eigenvalue weighted by atomic mass is 16.5. The van der Waals surface area contributed by atoms with Crippen LogP contribution in [0.5, 0.6) is 0 Å². The standard InChI is InChI=1S/C16H22N2O2/c1-16(2)7-5-12(6-8-16)19-10-15-18-13-4-3-11(17)9-14(13)20-15/h3-4,9,12H,5-8,10,17H2,1-2H3. The first kappa shape index (κ1) is 13.4. The monoisotopic (exact) mass is 274 g/mol. The molecule has 4 heteroatoms. The van der Waals surface area contributed by atoms with E-state index in [1.54, 1.807) is 6.07 Å². The fourth-order valence-corrected chi connectivity index (χ4v) is 2.78. The van der Waals surface area contributed by atoms with Crippen molar-refractivity contribution in [1.82, 2.24) is 4.98 Å². The molecule has 1 heterocycles. The van der Waals surface area contributed by atoms with Gasteiger partial charge in [-0.3, -0.25) is 0 Å². The molecule has 20 heavy (non-hydrogen) atoms. The lowest BCUT2D eigenvalue weighted by Crippen LogP contribution is -2.26. The van der Waals surface area contributed by atoms with Gasteiger partial charge in [0, 0.05) is 11.8 Å². The molecule has 1 aromatic carbocycles. The number of fused-ring (bicyclic) bond motifs is 1. The largest absolute Gasteiger partial charge is 0.438 e. The predicted octanol–water partition coefficient (Wildman–Crippen LogP) is 3.90. The second-order valence-corrected chi connectivity index (χ2v) is 6.51. The third-order valence-corrected chi connectivity index (χ3v) is 4.19. The van der Waals surface area contributed by atoms with Crippen LogP contribution in [0.2, 0.25) is 0 Å².